The molecule has 1 fully saturated rings. The quantitative estimate of drug-likeness (QED) is 0.669. The molecule has 0 aliphatic heterocycles. The van der Waals surface area contributed by atoms with Crippen LogP contribution in [0.3, 0.4) is 0 Å². The Hall–Kier alpha value is -0.570. The Labute approximate surface area is 80.1 Å². The molecule has 0 aromatic rings. The Bertz CT molecular complexity index is 172. The molecule has 3 heteroatoms. The molecule has 0 heterocycles. The first-order valence-corrected chi connectivity index (χ1v) is 5.14. The molecule has 76 valence electrons. The molecule has 0 spiro atoms. The highest BCUT2D eigenvalue weighted by atomic mass is 16.1. The fourth-order valence-electron chi connectivity index (χ4n) is 2.21. The van der Waals surface area contributed by atoms with Crippen molar-refractivity contribution in [1.82, 2.24) is 5.32 Å². The molecule has 13 heavy (non-hydrogen) atoms. The summed E-state index contributed by atoms with van der Waals surface area (Å²) in [5, 5.41) is 3.00. The van der Waals surface area contributed by atoms with E-state index in [0.29, 0.717) is 17.9 Å². The lowest BCUT2D eigenvalue weighted by Crippen LogP contribution is -2.47. The van der Waals surface area contributed by atoms with E-state index in [0.717, 1.165) is 0 Å². The molecule has 1 saturated carbocycles. The fourth-order valence-corrected chi connectivity index (χ4v) is 2.21. The summed E-state index contributed by atoms with van der Waals surface area (Å²) < 4.78 is 0. The van der Waals surface area contributed by atoms with Gasteiger partial charge in [0.15, 0.2) is 0 Å². The molecular weight excluding hydrogens is 164 g/mol. The van der Waals surface area contributed by atoms with Crippen LogP contribution in [0.2, 0.25) is 0 Å². The van der Waals surface area contributed by atoms with Crippen LogP contribution < -0.4 is 11.1 Å². The third kappa shape index (κ3) is 2.69. The van der Waals surface area contributed by atoms with E-state index in [2.05, 4.69) is 19.2 Å². The lowest BCUT2D eigenvalue weighted by Gasteiger charge is -2.35. The zero-order valence-corrected chi connectivity index (χ0v) is 8.55. The number of carbonyl (C=O) groups is 1. The number of rotatable bonds is 2. The van der Waals surface area contributed by atoms with Crippen molar-refractivity contribution in [3.8, 4) is 0 Å². The lowest BCUT2D eigenvalue weighted by atomic mass is 9.79. The maximum absolute atomic E-state index is 11.1. The number of hydrogen-bond acceptors (Lipinski definition) is 2. The summed E-state index contributed by atoms with van der Waals surface area (Å²) in [7, 11) is 0. The maximum Gasteiger partial charge on any atom is 0.233 e. The Morgan fingerprint density at radius 1 is 1.38 bits per heavy atom. The van der Waals surface area contributed by atoms with E-state index in [1.54, 1.807) is 0 Å². The van der Waals surface area contributed by atoms with Crippen LogP contribution in [0, 0.1) is 11.8 Å². The summed E-state index contributed by atoms with van der Waals surface area (Å²) in [5.74, 6) is 1.17. The second kappa shape index (κ2) is 4.61. The largest absolute Gasteiger partial charge is 0.352 e. The smallest absolute Gasteiger partial charge is 0.233 e. The van der Waals surface area contributed by atoms with E-state index in [1.165, 1.54) is 19.3 Å². The molecule has 1 aliphatic rings. The van der Waals surface area contributed by atoms with Gasteiger partial charge in [-0.3, -0.25) is 4.79 Å². The zero-order chi connectivity index (χ0) is 9.84. The molecule has 1 rings (SSSR count). The van der Waals surface area contributed by atoms with Gasteiger partial charge in [0.2, 0.25) is 5.91 Å². The summed E-state index contributed by atoms with van der Waals surface area (Å²) in [5.41, 5.74) is 5.27. The van der Waals surface area contributed by atoms with Crippen molar-refractivity contribution in [3.05, 3.63) is 0 Å². The van der Waals surface area contributed by atoms with E-state index < -0.39 is 0 Å². The monoisotopic (exact) mass is 184 g/mol. The van der Waals surface area contributed by atoms with Crippen molar-refractivity contribution in [2.75, 3.05) is 6.54 Å². The Kier molecular flexibility index (Phi) is 3.72. The minimum atomic E-state index is -0.0226. The van der Waals surface area contributed by atoms with Crippen LogP contribution in [0.15, 0.2) is 0 Å². The molecule has 3 nitrogen and oxygen atoms in total. The number of nitrogens with two attached hydrogens (primary N) is 1. The van der Waals surface area contributed by atoms with Crippen LogP contribution in [0.5, 0.6) is 0 Å². The summed E-state index contributed by atoms with van der Waals surface area (Å²) >= 11 is 0. The summed E-state index contributed by atoms with van der Waals surface area (Å²) in [4.78, 5) is 11.1. The first kappa shape index (κ1) is 10.5. The second-order valence-corrected chi connectivity index (χ2v) is 4.18. The van der Waals surface area contributed by atoms with Gasteiger partial charge in [-0.2, -0.15) is 0 Å². The minimum Gasteiger partial charge on any atom is -0.352 e. The standard InChI is InChI=1S/C10H20N2O/c1-7-4-3-5-8(2)10(7)12-9(13)6-11/h7-8,10H,3-6,11H2,1-2H3,(H,12,13). The first-order valence-electron chi connectivity index (χ1n) is 5.14. The minimum absolute atomic E-state index is 0.0226. The van der Waals surface area contributed by atoms with Gasteiger partial charge in [-0.1, -0.05) is 20.3 Å². The number of nitrogens with one attached hydrogen (secondary N) is 1. The van der Waals surface area contributed by atoms with Gasteiger partial charge in [-0.15, -0.1) is 0 Å². The van der Waals surface area contributed by atoms with E-state index in [4.69, 9.17) is 5.73 Å². The zero-order valence-electron chi connectivity index (χ0n) is 8.55. The van der Waals surface area contributed by atoms with E-state index in [1.807, 2.05) is 0 Å². The predicted molar refractivity (Wildman–Crippen MR) is 53.2 cm³/mol. The molecule has 0 saturated heterocycles. The third-order valence-corrected chi connectivity index (χ3v) is 3.06. The Balaban J connectivity index is 2.48. The molecule has 1 amide bonds. The van der Waals surface area contributed by atoms with Crippen LogP contribution in [-0.4, -0.2) is 18.5 Å². The van der Waals surface area contributed by atoms with Gasteiger partial charge in [0.1, 0.15) is 0 Å². The summed E-state index contributed by atoms with van der Waals surface area (Å²) in [6, 6.07) is 0.338. The van der Waals surface area contributed by atoms with Crippen molar-refractivity contribution in [3.63, 3.8) is 0 Å². The molecule has 1 aliphatic carbocycles. The number of carbonyl (C=O) groups excluding carboxylic acids is 1. The van der Waals surface area contributed by atoms with Gasteiger partial charge in [0.25, 0.3) is 0 Å². The van der Waals surface area contributed by atoms with Crippen molar-refractivity contribution in [1.29, 1.82) is 0 Å². The molecule has 0 bridgehead atoms. The van der Waals surface area contributed by atoms with Gasteiger partial charge in [0, 0.05) is 6.04 Å². The molecule has 2 atom stereocenters. The van der Waals surface area contributed by atoms with Crippen molar-refractivity contribution in [2.45, 2.75) is 39.2 Å². The number of hydrogen-bond donors (Lipinski definition) is 2. The van der Waals surface area contributed by atoms with Gasteiger partial charge in [0.05, 0.1) is 6.54 Å². The highest BCUT2D eigenvalue weighted by Gasteiger charge is 2.28. The van der Waals surface area contributed by atoms with E-state index in [-0.39, 0.29) is 12.5 Å². The van der Waals surface area contributed by atoms with Gasteiger partial charge >= 0.3 is 0 Å². The number of amides is 1. The normalized spacial score (nSPS) is 34.2. The van der Waals surface area contributed by atoms with E-state index >= 15 is 0 Å². The van der Waals surface area contributed by atoms with Crippen LogP contribution in [0.1, 0.15) is 33.1 Å². The fraction of sp³-hybridized carbons (Fsp3) is 0.900. The van der Waals surface area contributed by atoms with Crippen LogP contribution in [-0.2, 0) is 4.79 Å². The maximum atomic E-state index is 11.1. The predicted octanol–water partition coefficient (Wildman–Crippen LogP) is 0.886. The van der Waals surface area contributed by atoms with Gasteiger partial charge in [-0.05, 0) is 24.7 Å². The van der Waals surface area contributed by atoms with Gasteiger partial charge < -0.3 is 11.1 Å². The highest BCUT2D eigenvalue weighted by Crippen LogP contribution is 2.28. The van der Waals surface area contributed by atoms with Crippen LogP contribution in [0.25, 0.3) is 0 Å². The first-order chi connectivity index (χ1) is 6.15. The average Bonchev–Trinajstić information content (AvgIpc) is 2.11. The topological polar surface area (TPSA) is 55.1 Å². The third-order valence-electron chi connectivity index (χ3n) is 3.06. The summed E-state index contributed by atoms with van der Waals surface area (Å²) in [6.45, 7) is 4.52. The van der Waals surface area contributed by atoms with E-state index in [9.17, 15) is 4.79 Å². The van der Waals surface area contributed by atoms with Crippen molar-refractivity contribution < 1.29 is 4.79 Å². The molecule has 3 N–H and O–H groups in total. The average molecular weight is 184 g/mol. The SMILES string of the molecule is CC1CCCC(C)C1NC(=O)CN. The lowest BCUT2D eigenvalue weighted by molar-refractivity contribution is -0.121. The van der Waals surface area contributed by atoms with Crippen LogP contribution in [0.4, 0.5) is 0 Å². The van der Waals surface area contributed by atoms with Crippen molar-refractivity contribution >= 4 is 5.91 Å². The summed E-state index contributed by atoms with van der Waals surface area (Å²) in [6.07, 6.45) is 3.73. The molecule has 0 radical (unpaired) electrons. The van der Waals surface area contributed by atoms with Crippen molar-refractivity contribution in [2.24, 2.45) is 17.6 Å². The molecular formula is C10H20N2O. The second-order valence-electron chi connectivity index (χ2n) is 4.18. The Morgan fingerprint density at radius 2 is 1.92 bits per heavy atom. The highest BCUT2D eigenvalue weighted by molar-refractivity contribution is 5.78. The molecule has 0 aromatic heterocycles. The van der Waals surface area contributed by atoms with Crippen LogP contribution >= 0.6 is 0 Å². The molecule has 0 aromatic carbocycles. The Morgan fingerprint density at radius 3 is 2.38 bits per heavy atom. The molecule has 2 unspecified atom stereocenters. The van der Waals surface area contributed by atoms with Gasteiger partial charge in [-0.25, -0.2) is 0 Å².